The lowest BCUT2D eigenvalue weighted by molar-refractivity contribution is -0.138. The number of carbonyl (C=O) groups is 2. The number of carboxylic acids is 1. The molecular weight excluding hydrogens is 374 g/mol. The molecule has 0 radical (unpaired) electrons. The summed E-state index contributed by atoms with van der Waals surface area (Å²) in [5.41, 5.74) is 6.31. The van der Waals surface area contributed by atoms with Gasteiger partial charge in [-0.25, -0.2) is 13.1 Å². The third-order valence-corrected chi connectivity index (χ3v) is 4.33. The summed E-state index contributed by atoms with van der Waals surface area (Å²) in [5.74, 6) is -1.10. The predicted molar refractivity (Wildman–Crippen MR) is 101 cm³/mol. The van der Waals surface area contributed by atoms with Crippen LogP contribution in [0.25, 0.3) is 0 Å². The van der Waals surface area contributed by atoms with Crippen LogP contribution in [0.5, 0.6) is 5.75 Å². The fourth-order valence-corrected chi connectivity index (χ4v) is 2.72. The molecule has 0 heterocycles. The Balaban J connectivity index is 2.26. The second kappa shape index (κ2) is 11.7. The zero-order valence-electron chi connectivity index (χ0n) is 15.3. The highest BCUT2D eigenvalue weighted by molar-refractivity contribution is 7.88. The number of aliphatic carboxylic acids is 1. The molecule has 0 aliphatic carbocycles. The molecule has 0 unspecified atom stereocenters. The second-order valence-corrected chi connectivity index (χ2v) is 7.99. The average Bonchev–Trinajstić information content (AvgIpc) is 2.58. The number of rotatable bonds is 13. The normalized spacial score (nSPS) is 12.5. The maximum Gasteiger partial charge on any atom is 0.325 e. The van der Waals surface area contributed by atoms with Crippen molar-refractivity contribution in [1.29, 1.82) is 0 Å². The van der Waals surface area contributed by atoms with E-state index in [4.69, 9.17) is 15.6 Å². The van der Waals surface area contributed by atoms with Crippen LogP contribution in [-0.2, 0) is 26.0 Å². The molecule has 152 valence electrons. The lowest BCUT2D eigenvalue weighted by Gasteiger charge is -2.09. The van der Waals surface area contributed by atoms with Gasteiger partial charge in [-0.2, -0.15) is 0 Å². The van der Waals surface area contributed by atoms with Gasteiger partial charge in [-0.15, -0.1) is 0 Å². The Kier molecular flexibility index (Phi) is 9.94. The van der Waals surface area contributed by atoms with Crippen LogP contribution in [0.3, 0.4) is 0 Å². The van der Waals surface area contributed by atoms with Gasteiger partial charge in [-0.05, 0) is 49.9 Å². The molecule has 10 heteroatoms. The third-order valence-electron chi connectivity index (χ3n) is 3.61. The maximum atomic E-state index is 11.8. The Labute approximate surface area is 159 Å². The molecule has 27 heavy (non-hydrogen) atoms. The molecule has 1 aromatic carbocycles. The summed E-state index contributed by atoms with van der Waals surface area (Å²) >= 11 is 0. The standard InChI is InChI=1S/C17H27N3O6S/c1-27(24,25)20-10-3-2-9-19-12-16(21)26-14-6-4-5-13(11-14)7-8-15(18)17(22)23/h4-6,11,15,19-20H,2-3,7-10,12,18H2,1H3,(H,22,23)/t15-/m0/s1. The summed E-state index contributed by atoms with van der Waals surface area (Å²) in [6.45, 7) is 0.963. The maximum absolute atomic E-state index is 11.8. The van der Waals surface area contributed by atoms with Crippen molar-refractivity contribution in [2.75, 3.05) is 25.9 Å². The molecule has 0 saturated heterocycles. The lowest BCUT2D eigenvalue weighted by atomic mass is 10.1. The predicted octanol–water partition coefficient (Wildman–Crippen LogP) is -0.144. The van der Waals surface area contributed by atoms with Crippen LogP contribution in [0.1, 0.15) is 24.8 Å². The molecule has 0 amide bonds. The summed E-state index contributed by atoms with van der Waals surface area (Å²) in [6.07, 6.45) is 3.25. The molecule has 1 atom stereocenters. The molecule has 0 bridgehead atoms. The van der Waals surface area contributed by atoms with Crippen molar-refractivity contribution in [3.05, 3.63) is 29.8 Å². The van der Waals surface area contributed by atoms with Gasteiger partial charge >= 0.3 is 11.9 Å². The van der Waals surface area contributed by atoms with Crippen LogP contribution in [0.15, 0.2) is 24.3 Å². The van der Waals surface area contributed by atoms with Crippen molar-refractivity contribution < 1.29 is 27.9 Å². The molecule has 1 rings (SSSR count). The summed E-state index contributed by atoms with van der Waals surface area (Å²) < 4.78 is 29.4. The van der Waals surface area contributed by atoms with E-state index in [0.717, 1.165) is 18.2 Å². The van der Waals surface area contributed by atoms with E-state index in [2.05, 4.69) is 10.0 Å². The van der Waals surface area contributed by atoms with E-state index in [1.807, 2.05) is 6.07 Å². The highest BCUT2D eigenvalue weighted by Gasteiger charge is 2.11. The number of carboxylic acid groups (broad SMARTS) is 1. The fourth-order valence-electron chi connectivity index (χ4n) is 2.20. The highest BCUT2D eigenvalue weighted by Crippen LogP contribution is 2.15. The Bertz CT molecular complexity index is 723. The second-order valence-electron chi connectivity index (χ2n) is 6.16. The van der Waals surface area contributed by atoms with E-state index in [-0.39, 0.29) is 6.54 Å². The van der Waals surface area contributed by atoms with Gasteiger partial charge in [-0.1, -0.05) is 12.1 Å². The average molecular weight is 401 g/mol. The van der Waals surface area contributed by atoms with Gasteiger partial charge in [0.15, 0.2) is 0 Å². The highest BCUT2D eigenvalue weighted by atomic mass is 32.2. The van der Waals surface area contributed by atoms with E-state index in [1.54, 1.807) is 18.2 Å². The Hall–Kier alpha value is -2.01. The van der Waals surface area contributed by atoms with Gasteiger partial charge in [0.2, 0.25) is 10.0 Å². The number of hydrogen-bond donors (Lipinski definition) is 4. The van der Waals surface area contributed by atoms with E-state index < -0.39 is 28.0 Å². The molecule has 0 spiro atoms. The van der Waals surface area contributed by atoms with Crippen molar-refractivity contribution in [1.82, 2.24) is 10.0 Å². The molecule has 0 aliphatic heterocycles. The number of hydrogen-bond acceptors (Lipinski definition) is 7. The largest absolute Gasteiger partial charge is 0.480 e. The minimum Gasteiger partial charge on any atom is -0.480 e. The Morgan fingerprint density at radius 1 is 1.26 bits per heavy atom. The molecule has 9 nitrogen and oxygen atoms in total. The summed E-state index contributed by atoms with van der Waals surface area (Å²) in [6, 6.07) is 5.95. The number of nitrogens with two attached hydrogens (primary N) is 1. The van der Waals surface area contributed by atoms with Crippen molar-refractivity contribution in [3.8, 4) is 5.75 Å². The first kappa shape index (κ1) is 23.0. The molecular formula is C17H27N3O6S. The van der Waals surface area contributed by atoms with Crippen molar-refractivity contribution in [2.45, 2.75) is 31.7 Å². The van der Waals surface area contributed by atoms with E-state index in [0.29, 0.717) is 38.1 Å². The molecule has 0 aromatic heterocycles. The minimum absolute atomic E-state index is 0.0353. The summed E-state index contributed by atoms with van der Waals surface area (Å²) in [7, 11) is -3.16. The minimum atomic E-state index is -3.16. The van der Waals surface area contributed by atoms with Crippen LogP contribution < -0.4 is 20.5 Å². The molecule has 5 N–H and O–H groups in total. The lowest BCUT2D eigenvalue weighted by Crippen LogP contribution is -2.30. The first-order valence-corrected chi connectivity index (χ1v) is 10.5. The van der Waals surface area contributed by atoms with E-state index >= 15 is 0 Å². The van der Waals surface area contributed by atoms with Crippen LogP contribution in [0, 0.1) is 0 Å². The van der Waals surface area contributed by atoms with Crippen LogP contribution in [0.2, 0.25) is 0 Å². The number of sulfonamides is 1. The third kappa shape index (κ3) is 11.3. The Morgan fingerprint density at radius 2 is 1.96 bits per heavy atom. The smallest absolute Gasteiger partial charge is 0.325 e. The van der Waals surface area contributed by atoms with E-state index in [1.165, 1.54) is 0 Å². The molecule has 1 aromatic rings. The van der Waals surface area contributed by atoms with Gasteiger partial charge < -0.3 is 20.9 Å². The topological polar surface area (TPSA) is 148 Å². The van der Waals surface area contributed by atoms with Crippen molar-refractivity contribution in [3.63, 3.8) is 0 Å². The molecule has 0 saturated carbocycles. The van der Waals surface area contributed by atoms with Gasteiger partial charge in [0.25, 0.3) is 0 Å². The number of nitrogens with one attached hydrogen (secondary N) is 2. The van der Waals surface area contributed by atoms with E-state index in [9.17, 15) is 18.0 Å². The number of aryl methyl sites for hydroxylation is 1. The van der Waals surface area contributed by atoms with Crippen LogP contribution in [-0.4, -0.2) is 57.4 Å². The SMILES string of the molecule is CS(=O)(=O)NCCCCNCC(=O)Oc1cccc(CC[C@H](N)C(=O)O)c1. The van der Waals surface area contributed by atoms with Gasteiger partial charge in [0.05, 0.1) is 12.8 Å². The first-order valence-electron chi connectivity index (χ1n) is 8.61. The van der Waals surface area contributed by atoms with Crippen molar-refractivity contribution >= 4 is 22.0 Å². The first-order chi connectivity index (χ1) is 12.7. The van der Waals surface area contributed by atoms with Gasteiger partial charge in [0.1, 0.15) is 11.8 Å². The van der Waals surface area contributed by atoms with Gasteiger partial charge in [0, 0.05) is 6.54 Å². The number of unbranched alkanes of at least 4 members (excludes halogenated alkanes) is 1. The van der Waals surface area contributed by atoms with Crippen LogP contribution >= 0.6 is 0 Å². The Morgan fingerprint density at radius 3 is 2.63 bits per heavy atom. The number of ether oxygens (including phenoxy) is 1. The number of esters is 1. The summed E-state index contributed by atoms with van der Waals surface area (Å²) in [4.78, 5) is 22.6. The molecule has 0 aliphatic rings. The zero-order valence-corrected chi connectivity index (χ0v) is 16.1. The number of carbonyl (C=O) groups excluding carboxylic acids is 1. The molecule has 0 fully saturated rings. The monoisotopic (exact) mass is 401 g/mol. The summed E-state index contributed by atoms with van der Waals surface area (Å²) in [5, 5.41) is 11.7. The fraction of sp³-hybridized carbons (Fsp3) is 0.529. The zero-order chi connectivity index (χ0) is 20.3. The quantitative estimate of drug-likeness (QED) is 0.203. The van der Waals surface area contributed by atoms with Crippen LogP contribution in [0.4, 0.5) is 0 Å². The van der Waals surface area contributed by atoms with Gasteiger partial charge in [-0.3, -0.25) is 9.59 Å². The van der Waals surface area contributed by atoms with Crippen molar-refractivity contribution in [2.24, 2.45) is 5.73 Å². The number of benzene rings is 1.